The van der Waals surface area contributed by atoms with Gasteiger partial charge in [-0.05, 0) is 7.05 Å². The maximum Gasteiger partial charge on any atom is 0.190 e. The molecule has 0 aliphatic heterocycles. The van der Waals surface area contributed by atoms with Gasteiger partial charge in [-0.15, -0.1) is 0 Å². The summed E-state index contributed by atoms with van der Waals surface area (Å²) in [6, 6.07) is 0. The number of nitrogens with zero attached hydrogens (tertiary/aromatic N) is 1. The predicted molar refractivity (Wildman–Crippen MR) is 28.4 cm³/mol. The van der Waals surface area contributed by atoms with Gasteiger partial charge in [0, 0.05) is 44.0 Å². The van der Waals surface area contributed by atoms with Crippen molar-refractivity contribution >= 4 is 5.91 Å². The SMILES string of the molecule is C[CH-]N(C)C(C)=O.[V].[V]. The molecular formula is C5H10NOV2-. The molecule has 0 aliphatic carbocycles. The van der Waals surface area contributed by atoms with Crippen LogP contribution in [-0.2, 0) is 41.9 Å². The van der Waals surface area contributed by atoms with Gasteiger partial charge in [0.1, 0.15) is 0 Å². The summed E-state index contributed by atoms with van der Waals surface area (Å²) in [5, 5.41) is 0. The van der Waals surface area contributed by atoms with E-state index in [1.807, 2.05) is 6.92 Å². The van der Waals surface area contributed by atoms with Crippen LogP contribution in [0.2, 0.25) is 0 Å². The Hall–Kier alpha value is 0.639. The van der Waals surface area contributed by atoms with Crippen LogP contribution in [0.5, 0.6) is 0 Å². The zero-order valence-electron chi connectivity index (χ0n) is 5.83. The zero-order valence-corrected chi connectivity index (χ0v) is 8.62. The second-order valence-corrected chi connectivity index (χ2v) is 1.39. The fourth-order valence-electron chi connectivity index (χ4n) is 0.182. The largest absolute Gasteiger partial charge is 0.496 e. The van der Waals surface area contributed by atoms with Crippen molar-refractivity contribution in [2.75, 3.05) is 7.05 Å². The van der Waals surface area contributed by atoms with E-state index in [9.17, 15) is 4.79 Å². The maximum atomic E-state index is 10.3. The third-order valence-corrected chi connectivity index (χ3v) is 0.884. The Morgan fingerprint density at radius 2 is 1.78 bits per heavy atom. The molecule has 0 aromatic rings. The number of hydrogen-bond donors (Lipinski definition) is 0. The fraction of sp³-hybridized carbons (Fsp3) is 0.600. The summed E-state index contributed by atoms with van der Waals surface area (Å²) >= 11 is 0. The summed E-state index contributed by atoms with van der Waals surface area (Å²) < 4.78 is 0. The van der Waals surface area contributed by atoms with Gasteiger partial charge < -0.3 is 4.90 Å². The Kier molecular flexibility index (Phi) is 15.7. The molecule has 2 nitrogen and oxygen atoms in total. The third kappa shape index (κ3) is 8.64. The molecule has 4 heteroatoms. The molecule has 0 atom stereocenters. The van der Waals surface area contributed by atoms with E-state index in [1.54, 1.807) is 13.6 Å². The van der Waals surface area contributed by atoms with Crippen molar-refractivity contribution in [2.24, 2.45) is 0 Å². The van der Waals surface area contributed by atoms with Crippen molar-refractivity contribution < 1.29 is 41.9 Å². The van der Waals surface area contributed by atoms with E-state index in [2.05, 4.69) is 0 Å². The number of rotatable bonds is 1. The van der Waals surface area contributed by atoms with Gasteiger partial charge in [-0.3, -0.25) is 4.79 Å². The monoisotopic (exact) mass is 202 g/mol. The predicted octanol–water partition coefficient (Wildman–Crippen LogP) is 0.641. The van der Waals surface area contributed by atoms with E-state index >= 15 is 0 Å². The Bertz CT molecular complexity index is 77.4. The molecule has 0 aliphatic rings. The van der Waals surface area contributed by atoms with Crippen molar-refractivity contribution in [2.45, 2.75) is 13.8 Å². The topological polar surface area (TPSA) is 20.3 Å². The minimum absolute atomic E-state index is 0. The van der Waals surface area contributed by atoms with E-state index < -0.39 is 0 Å². The molecule has 0 saturated heterocycles. The van der Waals surface area contributed by atoms with E-state index in [0.29, 0.717) is 0 Å². The van der Waals surface area contributed by atoms with Gasteiger partial charge in [0.25, 0.3) is 0 Å². The quantitative estimate of drug-likeness (QED) is 0.571. The Morgan fingerprint density at radius 3 is 1.78 bits per heavy atom. The van der Waals surface area contributed by atoms with E-state index in [4.69, 9.17) is 0 Å². The maximum absolute atomic E-state index is 10.3. The second kappa shape index (κ2) is 8.64. The van der Waals surface area contributed by atoms with E-state index in [-0.39, 0.29) is 43.0 Å². The molecule has 0 aromatic heterocycles. The first-order valence-corrected chi connectivity index (χ1v) is 2.21. The van der Waals surface area contributed by atoms with E-state index in [0.717, 1.165) is 0 Å². The molecule has 2 radical (unpaired) electrons. The van der Waals surface area contributed by atoms with Crippen LogP contribution in [0, 0.1) is 6.54 Å². The van der Waals surface area contributed by atoms with Gasteiger partial charge in [0.2, 0.25) is 0 Å². The van der Waals surface area contributed by atoms with Crippen molar-refractivity contribution in [1.29, 1.82) is 0 Å². The minimum Gasteiger partial charge on any atom is -0.496 e. The van der Waals surface area contributed by atoms with Gasteiger partial charge >= 0.3 is 0 Å². The number of amides is 1. The molecule has 0 fully saturated rings. The molecule has 1 amide bonds. The number of carbonyl (C=O) groups is 1. The average molecular weight is 202 g/mol. The van der Waals surface area contributed by atoms with Gasteiger partial charge in [-0.2, -0.15) is 6.92 Å². The average Bonchev–Trinajstić information content (AvgIpc) is 1.65. The van der Waals surface area contributed by atoms with Crippen molar-refractivity contribution in [3.05, 3.63) is 6.54 Å². The number of hydrogen-bond acceptors (Lipinski definition) is 1. The van der Waals surface area contributed by atoms with Crippen molar-refractivity contribution in [3.8, 4) is 0 Å². The van der Waals surface area contributed by atoms with Gasteiger partial charge in [0.15, 0.2) is 5.91 Å². The van der Waals surface area contributed by atoms with Crippen LogP contribution < -0.4 is 0 Å². The molecule has 52 valence electrons. The van der Waals surface area contributed by atoms with Crippen LogP contribution in [0.25, 0.3) is 0 Å². The molecule has 0 N–H and O–H groups in total. The van der Waals surface area contributed by atoms with Crippen molar-refractivity contribution in [1.82, 2.24) is 4.90 Å². The summed E-state index contributed by atoms with van der Waals surface area (Å²) in [5.41, 5.74) is 0. The summed E-state index contributed by atoms with van der Waals surface area (Å²) in [4.78, 5) is 11.8. The molecular weight excluding hydrogens is 192 g/mol. The first kappa shape index (κ1) is 16.3. The van der Waals surface area contributed by atoms with Gasteiger partial charge in [0.05, 0.1) is 0 Å². The van der Waals surface area contributed by atoms with Crippen LogP contribution in [-0.4, -0.2) is 17.9 Å². The molecule has 0 bridgehead atoms. The molecule has 9 heavy (non-hydrogen) atoms. The Balaban J connectivity index is -0.000000180. The summed E-state index contributed by atoms with van der Waals surface area (Å²) in [6.45, 7) is 5.07. The zero-order chi connectivity index (χ0) is 5.86. The normalized spacial score (nSPS) is 6.56. The molecule has 0 aromatic carbocycles. The third-order valence-electron chi connectivity index (χ3n) is 0.884. The molecule has 0 unspecified atom stereocenters. The van der Waals surface area contributed by atoms with Crippen molar-refractivity contribution in [3.63, 3.8) is 0 Å². The van der Waals surface area contributed by atoms with Crippen LogP contribution >= 0.6 is 0 Å². The smallest absolute Gasteiger partial charge is 0.190 e. The van der Waals surface area contributed by atoms with Crippen LogP contribution in [0.15, 0.2) is 0 Å². The Morgan fingerprint density at radius 1 is 1.44 bits per heavy atom. The van der Waals surface area contributed by atoms with Crippen LogP contribution in [0.4, 0.5) is 0 Å². The molecule has 0 rings (SSSR count). The molecule has 0 saturated carbocycles. The summed E-state index contributed by atoms with van der Waals surface area (Å²) in [7, 11) is 1.72. The standard InChI is InChI=1S/C5H10NO.2V/c1-4-6(3)5(2)7;;/h4H,1-3H3;;/q-1;;. The van der Waals surface area contributed by atoms with Crippen LogP contribution in [0.1, 0.15) is 13.8 Å². The van der Waals surface area contributed by atoms with Crippen LogP contribution in [0.3, 0.4) is 0 Å². The first-order chi connectivity index (χ1) is 3.18. The summed E-state index contributed by atoms with van der Waals surface area (Å²) in [6.07, 6.45) is 0. The first-order valence-electron chi connectivity index (χ1n) is 2.21. The fourth-order valence-corrected chi connectivity index (χ4v) is 0.182. The second-order valence-electron chi connectivity index (χ2n) is 1.39. The minimum atomic E-state index is 0. The van der Waals surface area contributed by atoms with Gasteiger partial charge in [-0.25, -0.2) is 6.54 Å². The summed E-state index contributed by atoms with van der Waals surface area (Å²) in [5.74, 6) is 0.0718. The Labute approximate surface area is 80.1 Å². The number of carbonyl (C=O) groups excluding carboxylic acids is 1. The molecule has 0 spiro atoms. The van der Waals surface area contributed by atoms with E-state index in [1.165, 1.54) is 11.8 Å². The van der Waals surface area contributed by atoms with Gasteiger partial charge in [-0.1, -0.05) is 0 Å². The molecule has 0 heterocycles.